The van der Waals surface area contributed by atoms with E-state index in [1.807, 2.05) is 30.3 Å². The number of hydrogen-bond acceptors (Lipinski definition) is 2. The van der Waals surface area contributed by atoms with Crippen molar-refractivity contribution in [2.45, 2.75) is 33.2 Å². The molecule has 0 bridgehead atoms. The van der Waals surface area contributed by atoms with Crippen LogP contribution in [0.15, 0.2) is 41.0 Å². The summed E-state index contributed by atoms with van der Waals surface area (Å²) in [7, 11) is 0. The van der Waals surface area contributed by atoms with Gasteiger partial charge in [0.15, 0.2) is 0 Å². The van der Waals surface area contributed by atoms with Crippen LogP contribution in [-0.4, -0.2) is 15.7 Å². The van der Waals surface area contributed by atoms with Crippen molar-refractivity contribution < 1.29 is 4.79 Å². The number of hydrogen-bond donors (Lipinski definition) is 1. The quantitative estimate of drug-likeness (QED) is 0.854. The van der Waals surface area contributed by atoms with E-state index in [1.165, 1.54) is 0 Å². The lowest BCUT2D eigenvalue weighted by atomic mass is 10.1. The average Bonchev–Trinajstić information content (AvgIpc) is 2.84. The highest BCUT2D eigenvalue weighted by Gasteiger charge is 2.08. The van der Waals surface area contributed by atoms with Gasteiger partial charge in [-0.3, -0.25) is 4.79 Å². The van der Waals surface area contributed by atoms with Gasteiger partial charge in [0.05, 0.1) is 12.7 Å². The molecule has 0 radical (unpaired) electrons. The number of anilines is 1. The molecule has 0 saturated carbocycles. The Balaban J connectivity index is 2.00. The molecule has 2 aromatic rings. The minimum atomic E-state index is 0.0414. The van der Waals surface area contributed by atoms with Crippen LogP contribution in [0.2, 0.25) is 0 Å². The Kier molecular flexibility index (Phi) is 5.56. The zero-order valence-corrected chi connectivity index (χ0v) is 13.9. The molecule has 0 aliphatic carbocycles. The molecule has 5 heteroatoms. The monoisotopic (exact) mass is 349 g/mol. The van der Waals surface area contributed by atoms with Gasteiger partial charge in [0.1, 0.15) is 5.82 Å². The molecule has 0 saturated heterocycles. The summed E-state index contributed by atoms with van der Waals surface area (Å²) in [6.07, 6.45) is 3.14. The Morgan fingerprint density at radius 3 is 2.90 bits per heavy atom. The molecule has 4 nitrogen and oxygen atoms in total. The van der Waals surface area contributed by atoms with Crippen LogP contribution in [0.5, 0.6) is 0 Å². The minimum Gasteiger partial charge on any atom is -0.311 e. The van der Waals surface area contributed by atoms with Crippen LogP contribution in [-0.2, 0) is 11.3 Å². The number of carbonyl (C=O) groups is 1. The van der Waals surface area contributed by atoms with E-state index in [1.54, 1.807) is 10.9 Å². The molecule has 0 atom stereocenters. The van der Waals surface area contributed by atoms with Crippen molar-refractivity contribution in [2.75, 3.05) is 5.32 Å². The van der Waals surface area contributed by atoms with E-state index in [9.17, 15) is 4.79 Å². The molecule has 21 heavy (non-hydrogen) atoms. The van der Waals surface area contributed by atoms with E-state index in [0.29, 0.717) is 18.9 Å². The standard InChI is InChI=1S/C16H20BrN3O/c1-12(2)6-7-16(21)19-15-8-9-18-20(15)11-13-4-3-5-14(17)10-13/h3-5,8-10,12H,6-7,11H2,1-2H3,(H,19,21). The van der Waals surface area contributed by atoms with Crippen molar-refractivity contribution >= 4 is 27.7 Å². The maximum absolute atomic E-state index is 11.9. The van der Waals surface area contributed by atoms with Gasteiger partial charge in [-0.15, -0.1) is 0 Å². The van der Waals surface area contributed by atoms with E-state index in [-0.39, 0.29) is 5.91 Å². The molecule has 0 unspecified atom stereocenters. The Morgan fingerprint density at radius 1 is 1.38 bits per heavy atom. The zero-order chi connectivity index (χ0) is 15.2. The number of nitrogens with one attached hydrogen (secondary N) is 1. The number of nitrogens with zero attached hydrogens (tertiary/aromatic N) is 2. The van der Waals surface area contributed by atoms with Crippen LogP contribution < -0.4 is 5.32 Å². The smallest absolute Gasteiger partial charge is 0.225 e. The third-order valence-electron chi connectivity index (χ3n) is 3.15. The maximum Gasteiger partial charge on any atom is 0.225 e. The van der Waals surface area contributed by atoms with Crippen molar-refractivity contribution in [3.8, 4) is 0 Å². The summed E-state index contributed by atoms with van der Waals surface area (Å²) in [5, 5.41) is 7.21. The van der Waals surface area contributed by atoms with E-state index in [2.05, 4.69) is 40.2 Å². The largest absolute Gasteiger partial charge is 0.311 e. The van der Waals surface area contributed by atoms with Crippen LogP contribution in [0.25, 0.3) is 0 Å². The number of aromatic nitrogens is 2. The van der Waals surface area contributed by atoms with Crippen molar-refractivity contribution in [3.05, 3.63) is 46.6 Å². The van der Waals surface area contributed by atoms with Crippen molar-refractivity contribution in [1.29, 1.82) is 0 Å². The normalized spacial score (nSPS) is 10.9. The SMILES string of the molecule is CC(C)CCC(=O)Nc1ccnn1Cc1cccc(Br)c1. The fraction of sp³-hybridized carbons (Fsp3) is 0.375. The predicted octanol–water partition coefficient (Wildman–Crippen LogP) is 4.07. The number of benzene rings is 1. The lowest BCUT2D eigenvalue weighted by molar-refractivity contribution is -0.116. The lowest BCUT2D eigenvalue weighted by Gasteiger charge is -2.10. The van der Waals surface area contributed by atoms with Crippen LogP contribution >= 0.6 is 15.9 Å². The summed E-state index contributed by atoms with van der Waals surface area (Å²) >= 11 is 3.46. The summed E-state index contributed by atoms with van der Waals surface area (Å²) < 4.78 is 2.84. The molecule has 1 amide bonds. The molecule has 1 heterocycles. The predicted molar refractivity (Wildman–Crippen MR) is 88.2 cm³/mol. The van der Waals surface area contributed by atoms with Gasteiger partial charge in [0, 0.05) is 17.0 Å². The van der Waals surface area contributed by atoms with Gasteiger partial charge in [-0.1, -0.05) is 41.9 Å². The van der Waals surface area contributed by atoms with Gasteiger partial charge in [-0.2, -0.15) is 5.10 Å². The third-order valence-corrected chi connectivity index (χ3v) is 3.65. The van der Waals surface area contributed by atoms with E-state index >= 15 is 0 Å². The highest BCUT2D eigenvalue weighted by atomic mass is 79.9. The van der Waals surface area contributed by atoms with Gasteiger partial charge in [0.25, 0.3) is 0 Å². The number of halogens is 1. The van der Waals surface area contributed by atoms with Gasteiger partial charge in [0.2, 0.25) is 5.91 Å². The molecule has 1 aromatic heterocycles. The zero-order valence-electron chi connectivity index (χ0n) is 12.3. The summed E-state index contributed by atoms with van der Waals surface area (Å²) in [6.45, 7) is 4.86. The molecule has 0 fully saturated rings. The topological polar surface area (TPSA) is 46.9 Å². The highest BCUT2D eigenvalue weighted by molar-refractivity contribution is 9.10. The first-order valence-corrected chi connectivity index (χ1v) is 7.90. The van der Waals surface area contributed by atoms with E-state index in [4.69, 9.17) is 0 Å². The number of amides is 1. The Morgan fingerprint density at radius 2 is 2.19 bits per heavy atom. The molecule has 112 valence electrons. The van der Waals surface area contributed by atoms with Gasteiger partial charge in [-0.05, 0) is 30.0 Å². The van der Waals surface area contributed by atoms with E-state index in [0.717, 1.165) is 22.3 Å². The molecule has 2 rings (SSSR count). The molecule has 0 aliphatic rings. The molecule has 0 spiro atoms. The maximum atomic E-state index is 11.9. The molecular formula is C16H20BrN3O. The molecule has 1 N–H and O–H groups in total. The van der Waals surface area contributed by atoms with Gasteiger partial charge < -0.3 is 5.32 Å². The van der Waals surface area contributed by atoms with Crippen LogP contribution in [0.1, 0.15) is 32.3 Å². The second-order valence-electron chi connectivity index (χ2n) is 5.48. The van der Waals surface area contributed by atoms with Crippen LogP contribution in [0, 0.1) is 5.92 Å². The minimum absolute atomic E-state index is 0.0414. The average molecular weight is 350 g/mol. The van der Waals surface area contributed by atoms with Crippen molar-refractivity contribution in [1.82, 2.24) is 9.78 Å². The summed E-state index contributed by atoms with van der Waals surface area (Å²) in [5.74, 6) is 1.31. The summed E-state index contributed by atoms with van der Waals surface area (Å²) in [6, 6.07) is 9.89. The first-order valence-electron chi connectivity index (χ1n) is 7.10. The van der Waals surface area contributed by atoms with Crippen molar-refractivity contribution in [2.24, 2.45) is 5.92 Å². The fourth-order valence-electron chi connectivity index (χ4n) is 2.00. The Hall–Kier alpha value is -1.62. The third kappa shape index (κ3) is 5.01. The Bertz CT molecular complexity index is 607. The van der Waals surface area contributed by atoms with Crippen LogP contribution in [0.3, 0.4) is 0 Å². The van der Waals surface area contributed by atoms with E-state index < -0.39 is 0 Å². The van der Waals surface area contributed by atoms with Gasteiger partial charge in [-0.25, -0.2) is 4.68 Å². The molecule has 1 aromatic carbocycles. The van der Waals surface area contributed by atoms with Crippen molar-refractivity contribution in [3.63, 3.8) is 0 Å². The van der Waals surface area contributed by atoms with Crippen LogP contribution in [0.4, 0.5) is 5.82 Å². The Labute approximate surface area is 133 Å². The summed E-state index contributed by atoms with van der Waals surface area (Å²) in [4.78, 5) is 11.9. The number of carbonyl (C=O) groups excluding carboxylic acids is 1. The second kappa shape index (κ2) is 7.41. The lowest BCUT2D eigenvalue weighted by Crippen LogP contribution is -2.16. The first-order chi connectivity index (χ1) is 10.0. The first kappa shape index (κ1) is 15.8. The molecule has 0 aliphatic heterocycles. The van der Waals surface area contributed by atoms with Gasteiger partial charge >= 0.3 is 0 Å². The second-order valence-corrected chi connectivity index (χ2v) is 6.40. The fourth-order valence-corrected chi connectivity index (χ4v) is 2.44. The highest BCUT2D eigenvalue weighted by Crippen LogP contribution is 2.15. The molecular weight excluding hydrogens is 330 g/mol. The summed E-state index contributed by atoms with van der Waals surface area (Å²) in [5.41, 5.74) is 1.13. The number of rotatable bonds is 6.